The van der Waals surface area contributed by atoms with Gasteiger partial charge in [0.25, 0.3) is 0 Å². The van der Waals surface area contributed by atoms with E-state index in [1.807, 2.05) is 0 Å². The lowest BCUT2D eigenvalue weighted by Crippen LogP contribution is -2.43. The molecule has 0 saturated heterocycles. The van der Waals surface area contributed by atoms with Crippen LogP contribution < -0.4 is 5.48 Å². The Balaban J connectivity index is 1.71. The zero-order valence-corrected chi connectivity index (χ0v) is 9.52. The highest BCUT2D eigenvalue weighted by Gasteiger charge is 2.32. The molecule has 0 aromatic rings. The summed E-state index contributed by atoms with van der Waals surface area (Å²) in [6.45, 7) is 0.401. The number of carbonyl (C=O) groups excluding carboxylic acids is 1. The molecule has 0 aliphatic heterocycles. The molecule has 0 unspecified atom stereocenters. The average molecular weight is 228 g/mol. The van der Waals surface area contributed by atoms with Crippen LogP contribution >= 0.6 is 0 Å². The van der Waals surface area contributed by atoms with Crippen LogP contribution in [-0.4, -0.2) is 41.3 Å². The van der Waals surface area contributed by atoms with E-state index in [9.17, 15) is 4.79 Å². The monoisotopic (exact) mass is 228 g/mol. The Hall–Kier alpha value is -0.810. The first-order valence-corrected chi connectivity index (χ1v) is 6.14. The van der Waals surface area contributed by atoms with E-state index in [0.29, 0.717) is 12.6 Å². The van der Waals surface area contributed by atoms with Crippen LogP contribution in [-0.2, 0) is 4.84 Å². The van der Waals surface area contributed by atoms with Gasteiger partial charge >= 0.3 is 6.03 Å². The molecule has 0 heterocycles. The first kappa shape index (κ1) is 11.7. The van der Waals surface area contributed by atoms with E-state index < -0.39 is 0 Å². The van der Waals surface area contributed by atoms with Crippen LogP contribution in [0.3, 0.4) is 0 Å². The van der Waals surface area contributed by atoms with E-state index in [-0.39, 0.29) is 18.7 Å². The van der Waals surface area contributed by atoms with Crippen LogP contribution in [0.5, 0.6) is 0 Å². The minimum atomic E-state index is -0.205. The molecule has 92 valence electrons. The van der Waals surface area contributed by atoms with Gasteiger partial charge in [-0.25, -0.2) is 10.3 Å². The molecule has 0 atom stereocenters. The third-order valence-electron chi connectivity index (χ3n) is 3.20. The standard InChI is InChI=1S/C11H20N2O3/c14-8-7-13(9-5-6-9)11(15)12-16-10-3-1-2-4-10/h9-10,14H,1-8H2,(H,12,15). The molecule has 2 amide bonds. The van der Waals surface area contributed by atoms with Crippen LogP contribution in [0, 0.1) is 0 Å². The second-order valence-electron chi connectivity index (χ2n) is 4.58. The van der Waals surface area contributed by atoms with Gasteiger partial charge in [-0.1, -0.05) is 12.8 Å². The van der Waals surface area contributed by atoms with Crippen molar-refractivity contribution in [1.29, 1.82) is 0 Å². The summed E-state index contributed by atoms with van der Waals surface area (Å²) >= 11 is 0. The van der Waals surface area contributed by atoms with Crippen molar-refractivity contribution in [2.45, 2.75) is 50.7 Å². The molecule has 0 aromatic heterocycles. The van der Waals surface area contributed by atoms with E-state index in [1.165, 1.54) is 12.8 Å². The number of rotatable bonds is 5. The Morgan fingerprint density at radius 2 is 2.00 bits per heavy atom. The predicted octanol–water partition coefficient (Wildman–Crippen LogP) is 1.03. The summed E-state index contributed by atoms with van der Waals surface area (Å²) in [5.74, 6) is 0. The zero-order chi connectivity index (χ0) is 11.4. The maximum absolute atomic E-state index is 11.8. The number of aliphatic hydroxyl groups is 1. The number of urea groups is 1. The molecular weight excluding hydrogens is 208 g/mol. The van der Waals surface area contributed by atoms with E-state index in [2.05, 4.69) is 5.48 Å². The molecule has 5 nitrogen and oxygen atoms in total. The Morgan fingerprint density at radius 3 is 2.56 bits per heavy atom. The molecule has 0 bridgehead atoms. The highest BCUT2D eigenvalue weighted by molar-refractivity contribution is 5.73. The number of hydrogen-bond acceptors (Lipinski definition) is 3. The molecule has 0 aromatic carbocycles. The van der Waals surface area contributed by atoms with E-state index in [1.54, 1.807) is 4.90 Å². The van der Waals surface area contributed by atoms with E-state index >= 15 is 0 Å². The predicted molar refractivity (Wildman–Crippen MR) is 58.7 cm³/mol. The number of nitrogens with zero attached hydrogens (tertiary/aromatic N) is 1. The van der Waals surface area contributed by atoms with Crippen molar-refractivity contribution in [3.8, 4) is 0 Å². The van der Waals surface area contributed by atoms with Crippen LogP contribution in [0.4, 0.5) is 4.79 Å². The number of amides is 2. The third-order valence-corrected chi connectivity index (χ3v) is 3.20. The molecule has 2 rings (SSSR count). The molecule has 16 heavy (non-hydrogen) atoms. The summed E-state index contributed by atoms with van der Waals surface area (Å²) in [5, 5.41) is 8.88. The Labute approximate surface area is 95.7 Å². The van der Waals surface area contributed by atoms with Crippen molar-refractivity contribution in [2.24, 2.45) is 0 Å². The first-order valence-electron chi connectivity index (χ1n) is 6.14. The quantitative estimate of drug-likeness (QED) is 0.691. The van der Waals surface area contributed by atoms with Gasteiger partial charge in [0.05, 0.1) is 12.7 Å². The number of hydrogen-bond donors (Lipinski definition) is 2. The van der Waals surface area contributed by atoms with Gasteiger partial charge in [0.15, 0.2) is 0 Å². The maximum Gasteiger partial charge on any atom is 0.341 e. The minimum Gasteiger partial charge on any atom is -0.395 e. The largest absolute Gasteiger partial charge is 0.395 e. The lowest BCUT2D eigenvalue weighted by atomic mass is 10.3. The summed E-state index contributed by atoms with van der Waals surface area (Å²) < 4.78 is 0. The van der Waals surface area contributed by atoms with Gasteiger partial charge in [0, 0.05) is 12.6 Å². The number of hydroxylamine groups is 1. The molecule has 2 saturated carbocycles. The van der Waals surface area contributed by atoms with E-state index in [0.717, 1.165) is 25.7 Å². The van der Waals surface area contributed by atoms with Gasteiger partial charge < -0.3 is 10.0 Å². The molecular formula is C11H20N2O3. The normalized spacial score (nSPS) is 21.1. The van der Waals surface area contributed by atoms with Crippen molar-refractivity contribution in [3.05, 3.63) is 0 Å². The SMILES string of the molecule is O=C(NOC1CCCC1)N(CCO)C1CC1. The highest BCUT2D eigenvalue weighted by Crippen LogP contribution is 2.26. The van der Waals surface area contributed by atoms with Crippen molar-refractivity contribution in [3.63, 3.8) is 0 Å². The first-order chi connectivity index (χ1) is 7.81. The van der Waals surface area contributed by atoms with Gasteiger partial charge in [0.1, 0.15) is 0 Å². The fraction of sp³-hybridized carbons (Fsp3) is 0.909. The fourth-order valence-electron chi connectivity index (χ4n) is 2.14. The molecule has 5 heteroatoms. The second-order valence-corrected chi connectivity index (χ2v) is 4.58. The number of carbonyl (C=O) groups is 1. The summed E-state index contributed by atoms with van der Waals surface area (Å²) in [6.07, 6.45) is 6.69. The van der Waals surface area contributed by atoms with Crippen LogP contribution in [0.25, 0.3) is 0 Å². The molecule has 0 radical (unpaired) electrons. The Bertz CT molecular complexity index is 237. The lowest BCUT2D eigenvalue weighted by molar-refractivity contribution is -0.00942. The maximum atomic E-state index is 11.8. The molecule has 0 spiro atoms. The minimum absolute atomic E-state index is 0.00729. The molecule has 2 aliphatic rings. The van der Waals surface area contributed by atoms with Gasteiger partial charge in [0.2, 0.25) is 0 Å². The number of nitrogens with one attached hydrogen (secondary N) is 1. The fourth-order valence-corrected chi connectivity index (χ4v) is 2.14. The summed E-state index contributed by atoms with van der Waals surface area (Å²) in [5.41, 5.74) is 2.51. The van der Waals surface area contributed by atoms with Crippen molar-refractivity contribution in [1.82, 2.24) is 10.4 Å². The zero-order valence-electron chi connectivity index (χ0n) is 9.52. The molecule has 2 fully saturated rings. The Morgan fingerprint density at radius 1 is 1.31 bits per heavy atom. The van der Waals surface area contributed by atoms with Gasteiger partial charge in [-0.2, -0.15) is 0 Å². The summed E-state index contributed by atoms with van der Waals surface area (Å²) in [6, 6.07) is 0.0998. The topological polar surface area (TPSA) is 61.8 Å². The second kappa shape index (κ2) is 5.50. The molecule has 2 aliphatic carbocycles. The third kappa shape index (κ3) is 3.09. The van der Waals surface area contributed by atoms with Crippen LogP contribution in [0.2, 0.25) is 0 Å². The highest BCUT2D eigenvalue weighted by atomic mass is 16.7. The van der Waals surface area contributed by atoms with Crippen molar-refractivity contribution >= 4 is 6.03 Å². The van der Waals surface area contributed by atoms with Crippen molar-refractivity contribution < 1.29 is 14.7 Å². The smallest absolute Gasteiger partial charge is 0.341 e. The van der Waals surface area contributed by atoms with E-state index in [4.69, 9.17) is 9.94 Å². The average Bonchev–Trinajstić information content (AvgIpc) is 2.99. The van der Waals surface area contributed by atoms with Gasteiger partial charge in [-0.15, -0.1) is 0 Å². The van der Waals surface area contributed by atoms with Crippen LogP contribution in [0.15, 0.2) is 0 Å². The lowest BCUT2D eigenvalue weighted by Gasteiger charge is -2.22. The van der Waals surface area contributed by atoms with Gasteiger partial charge in [-0.3, -0.25) is 4.84 Å². The summed E-state index contributed by atoms with van der Waals surface area (Å²) in [7, 11) is 0. The van der Waals surface area contributed by atoms with Crippen molar-refractivity contribution in [2.75, 3.05) is 13.2 Å². The molecule has 2 N–H and O–H groups in total. The summed E-state index contributed by atoms with van der Waals surface area (Å²) in [4.78, 5) is 18.8. The Kier molecular flexibility index (Phi) is 4.01. The number of aliphatic hydroxyl groups excluding tert-OH is 1. The van der Waals surface area contributed by atoms with Crippen LogP contribution in [0.1, 0.15) is 38.5 Å². The van der Waals surface area contributed by atoms with Gasteiger partial charge in [-0.05, 0) is 25.7 Å².